The summed E-state index contributed by atoms with van der Waals surface area (Å²) in [6.45, 7) is 2.22. The van der Waals surface area contributed by atoms with Crippen LogP contribution in [0.3, 0.4) is 0 Å². The zero-order chi connectivity index (χ0) is 18.8. The fourth-order valence-electron chi connectivity index (χ4n) is 3.28. The van der Waals surface area contributed by atoms with E-state index in [2.05, 4.69) is 25.3 Å². The average molecular weight is 368 g/mol. The molecule has 3 aromatic heterocycles. The van der Waals surface area contributed by atoms with Crippen molar-refractivity contribution in [2.45, 2.75) is 19.4 Å². The van der Waals surface area contributed by atoms with Crippen LogP contribution in [0.5, 0.6) is 5.75 Å². The second-order valence-electron chi connectivity index (χ2n) is 6.44. The van der Waals surface area contributed by atoms with Gasteiger partial charge in [-0.15, -0.1) is 0 Å². The van der Waals surface area contributed by atoms with E-state index in [1.807, 2.05) is 12.3 Å². The monoisotopic (exact) mass is 368 g/mol. The molecule has 0 fully saturated rings. The van der Waals surface area contributed by atoms with Crippen molar-refractivity contribution in [3.63, 3.8) is 0 Å². The van der Waals surface area contributed by atoms with E-state index in [4.69, 9.17) is 0 Å². The highest BCUT2D eigenvalue weighted by Gasteiger charge is 2.08. The molecule has 3 heterocycles. The normalized spacial score (nSPS) is 11.6. The Kier molecular flexibility index (Phi) is 4.51. The lowest BCUT2D eigenvalue weighted by molar-refractivity contribution is 0.476. The summed E-state index contributed by atoms with van der Waals surface area (Å²) in [5, 5.41) is 14.1. The van der Waals surface area contributed by atoms with Gasteiger partial charge < -0.3 is 20.0 Å². The first kappa shape index (κ1) is 17.1. The van der Waals surface area contributed by atoms with Crippen molar-refractivity contribution in [3.05, 3.63) is 57.1 Å². The van der Waals surface area contributed by atoms with Gasteiger partial charge in [0.2, 0.25) is 0 Å². The zero-order valence-electron chi connectivity index (χ0n) is 14.6. The summed E-state index contributed by atoms with van der Waals surface area (Å²) in [6.07, 6.45) is 5.20. The fourth-order valence-corrected chi connectivity index (χ4v) is 3.28. The number of nitrogens with zero attached hydrogens (tertiary/aromatic N) is 2. The molecule has 0 unspecified atom stereocenters. The number of hydrogen-bond acceptors (Lipinski definition) is 5. The van der Waals surface area contributed by atoms with Crippen molar-refractivity contribution in [2.24, 2.45) is 0 Å². The van der Waals surface area contributed by atoms with Gasteiger partial charge in [0.1, 0.15) is 5.75 Å². The summed E-state index contributed by atoms with van der Waals surface area (Å²) < 4.78 is 1.74. The highest BCUT2D eigenvalue weighted by atomic mass is 16.3. The predicted molar refractivity (Wildman–Crippen MR) is 102 cm³/mol. The number of aryl methyl sites for hydroxylation is 1. The van der Waals surface area contributed by atoms with E-state index in [9.17, 15) is 14.7 Å². The van der Waals surface area contributed by atoms with Crippen LogP contribution in [0, 0.1) is 0 Å². The molecule has 4 aromatic rings. The molecule has 0 saturated heterocycles. The number of aromatic nitrogens is 5. The quantitative estimate of drug-likeness (QED) is 0.308. The van der Waals surface area contributed by atoms with E-state index in [1.165, 1.54) is 0 Å². The standard InChI is InChI=1S/C18H20N6O3/c25-12-2-3-14-13(8-12)11(9-20-14)4-6-19-5-1-7-24-10-21-16-15(24)17(26)23-18(27)22-16/h2-3,8-10,19-20,25H,1,4-7H2,(H2,22,23,26,27). The van der Waals surface area contributed by atoms with E-state index < -0.39 is 11.2 Å². The summed E-state index contributed by atoms with van der Waals surface area (Å²) in [6, 6.07) is 5.31. The van der Waals surface area contributed by atoms with Crippen LogP contribution in [0.2, 0.25) is 0 Å². The van der Waals surface area contributed by atoms with Crippen molar-refractivity contribution >= 4 is 22.1 Å². The molecule has 0 radical (unpaired) electrons. The van der Waals surface area contributed by atoms with Gasteiger partial charge in [0.25, 0.3) is 5.56 Å². The summed E-state index contributed by atoms with van der Waals surface area (Å²) in [4.78, 5) is 35.2. The Bertz CT molecular complexity index is 1200. The number of rotatable bonds is 7. The van der Waals surface area contributed by atoms with Gasteiger partial charge in [-0.2, -0.15) is 0 Å². The van der Waals surface area contributed by atoms with Crippen LogP contribution in [0.4, 0.5) is 0 Å². The molecule has 0 aliphatic carbocycles. The molecule has 5 N–H and O–H groups in total. The SMILES string of the molecule is O=c1[nH]c(=O)c2c(ncn2CCCNCCc2c[nH]c3ccc(O)cc23)[nH]1. The fraction of sp³-hybridized carbons (Fsp3) is 0.278. The Hall–Kier alpha value is -3.33. The van der Waals surface area contributed by atoms with Crippen LogP contribution in [0.15, 0.2) is 40.3 Å². The van der Waals surface area contributed by atoms with Gasteiger partial charge in [0, 0.05) is 23.6 Å². The number of aromatic hydroxyl groups is 1. The molecule has 0 spiro atoms. The van der Waals surface area contributed by atoms with Gasteiger partial charge in [0.05, 0.1) is 6.33 Å². The average Bonchev–Trinajstić information content (AvgIpc) is 3.22. The maximum atomic E-state index is 11.9. The Morgan fingerprint density at radius 2 is 2.07 bits per heavy atom. The number of aromatic amines is 3. The Labute approximate surface area is 153 Å². The van der Waals surface area contributed by atoms with E-state index in [0.29, 0.717) is 17.7 Å². The van der Waals surface area contributed by atoms with Crippen LogP contribution in [0.25, 0.3) is 22.1 Å². The maximum Gasteiger partial charge on any atom is 0.327 e. The smallest absolute Gasteiger partial charge is 0.327 e. The lowest BCUT2D eigenvalue weighted by Crippen LogP contribution is -2.24. The molecule has 0 aliphatic rings. The number of fused-ring (bicyclic) bond motifs is 2. The summed E-state index contributed by atoms with van der Waals surface area (Å²) in [7, 11) is 0. The Balaban J connectivity index is 1.29. The van der Waals surface area contributed by atoms with Gasteiger partial charge in [-0.3, -0.25) is 14.8 Å². The third-order valence-corrected chi connectivity index (χ3v) is 4.59. The van der Waals surface area contributed by atoms with Gasteiger partial charge in [-0.05, 0) is 49.7 Å². The van der Waals surface area contributed by atoms with Gasteiger partial charge >= 0.3 is 5.69 Å². The van der Waals surface area contributed by atoms with Gasteiger partial charge in [0.15, 0.2) is 11.2 Å². The largest absolute Gasteiger partial charge is 0.508 e. The molecule has 0 amide bonds. The van der Waals surface area contributed by atoms with Crippen LogP contribution in [-0.2, 0) is 13.0 Å². The number of nitrogens with one attached hydrogen (secondary N) is 4. The molecule has 1 aromatic carbocycles. The van der Waals surface area contributed by atoms with Crippen LogP contribution in [-0.4, -0.2) is 42.7 Å². The number of imidazole rings is 1. The molecular formula is C18H20N6O3. The first-order valence-corrected chi connectivity index (χ1v) is 8.79. The second-order valence-corrected chi connectivity index (χ2v) is 6.44. The van der Waals surface area contributed by atoms with Gasteiger partial charge in [-0.25, -0.2) is 9.78 Å². The summed E-state index contributed by atoms with van der Waals surface area (Å²) in [5.41, 5.74) is 1.88. The van der Waals surface area contributed by atoms with E-state index >= 15 is 0 Å². The molecule has 9 nitrogen and oxygen atoms in total. The number of hydrogen-bond donors (Lipinski definition) is 5. The zero-order valence-corrected chi connectivity index (χ0v) is 14.6. The first-order chi connectivity index (χ1) is 13.1. The molecule has 140 valence electrons. The minimum absolute atomic E-state index is 0.264. The Morgan fingerprint density at radius 3 is 2.96 bits per heavy atom. The molecule has 0 atom stereocenters. The molecular weight excluding hydrogens is 348 g/mol. The van der Waals surface area contributed by atoms with Crippen LogP contribution >= 0.6 is 0 Å². The maximum absolute atomic E-state index is 11.9. The number of benzene rings is 1. The predicted octanol–water partition coefficient (Wildman–Crippen LogP) is 0.822. The highest BCUT2D eigenvalue weighted by molar-refractivity contribution is 5.84. The van der Waals surface area contributed by atoms with E-state index in [0.717, 1.165) is 42.4 Å². The van der Waals surface area contributed by atoms with Crippen LogP contribution in [0.1, 0.15) is 12.0 Å². The first-order valence-electron chi connectivity index (χ1n) is 8.79. The second kappa shape index (κ2) is 7.12. The van der Waals surface area contributed by atoms with Crippen LogP contribution < -0.4 is 16.6 Å². The minimum atomic E-state index is -0.551. The lowest BCUT2D eigenvalue weighted by atomic mass is 10.1. The molecule has 4 rings (SSSR count). The highest BCUT2D eigenvalue weighted by Crippen LogP contribution is 2.22. The molecule has 0 bridgehead atoms. The number of phenols is 1. The third kappa shape index (κ3) is 3.49. The third-order valence-electron chi connectivity index (χ3n) is 4.59. The van der Waals surface area contributed by atoms with Crippen molar-refractivity contribution < 1.29 is 5.11 Å². The topological polar surface area (TPSA) is 132 Å². The van der Waals surface area contributed by atoms with Crippen molar-refractivity contribution in [3.8, 4) is 5.75 Å². The van der Waals surface area contributed by atoms with Crippen molar-refractivity contribution in [2.75, 3.05) is 13.1 Å². The molecule has 27 heavy (non-hydrogen) atoms. The molecule has 0 aliphatic heterocycles. The van der Waals surface area contributed by atoms with Crippen molar-refractivity contribution in [1.82, 2.24) is 29.8 Å². The summed E-state index contributed by atoms with van der Waals surface area (Å²) >= 11 is 0. The number of phenolic OH excluding ortho intramolecular Hbond substituents is 1. The lowest BCUT2D eigenvalue weighted by Gasteiger charge is -2.06. The number of H-pyrrole nitrogens is 3. The Morgan fingerprint density at radius 1 is 1.19 bits per heavy atom. The van der Waals surface area contributed by atoms with E-state index in [-0.39, 0.29) is 5.75 Å². The molecule has 9 heteroatoms. The van der Waals surface area contributed by atoms with Gasteiger partial charge in [-0.1, -0.05) is 0 Å². The minimum Gasteiger partial charge on any atom is -0.508 e. The summed E-state index contributed by atoms with van der Waals surface area (Å²) in [5.74, 6) is 0.264. The molecule has 0 saturated carbocycles. The van der Waals surface area contributed by atoms with Crippen molar-refractivity contribution in [1.29, 1.82) is 0 Å². The van der Waals surface area contributed by atoms with E-state index in [1.54, 1.807) is 23.0 Å².